The molecule has 1 saturated heterocycles. The fourth-order valence-electron chi connectivity index (χ4n) is 0.913. The number of aliphatic hydroxyl groups is 1. The molecule has 1 fully saturated rings. The number of morpholine rings is 1. The summed E-state index contributed by atoms with van der Waals surface area (Å²) >= 11 is 0. The van der Waals surface area contributed by atoms with E-state index in [4.69, 9.17) is 9.84 Å². The van der Waals surface area contributed by atoms with E-state index in [2.05, 4.69) is 0 Å². The Balaban J connectivity index is 0.000001000. The van der Waals surface area contributed by atoms with E-state index in [1.165, 1.54) is 0 Å². The van der Waals surface area contributed by atoms with Crippen LogP contribution in [-0.2, 0) is 9.53 Å². The lowest BCUT2D eigenvalue weighted by molar-refractivity contribution is -0.138. The summed E-state index contributed by atoms with van der Waals surface area (Å²) in [4.78, 5) is 12.4. The molecule has 4 heteroatoms. The molecule has 0 aromatic rings. The molecule has 0 aromatic carbocycles. The van der Waals surface area contributed by atoms with Gasteiger partial charge >= 0.3 is 0 Å². The second-order valence-corrected chi connectivity index (χ2v) is 2.15. The molecule has 1 N–H and O–H groups in total. The standard InChI is InChI=1S/C6H11NO3.CH4/c8-5-6(9)7-1-3-10-4-2-7;/h8H,1-5H2;1H4. The van der Waals surface area contributed by atoms with Gasteiger partial charge in [-0.25, -0.2) is 0 Å². The zero-order valence-corrected chi connectivity index (χ0v) is 5.75. The summed E-state index contributed by atoms with van der Waals surface area (Å²) in [5, 5.41) is 8.46. The van der Waals surface area contributed by atoms with Crippen LogP contribution in [0.1, 0.15) is 7.43 Å². The van der Waals surface area contributed by atoms with Crippen LogP contribution in [0, 0.1) is 0 Å². The van der Waals surface area contributed by atoms with E-state index in [0.717, 1.165) is 0 Å². The lowest BCUT2D eigenvalue weighted by atomic mass is 10.4. The minimum atomic E-state index is -0.389. The third-order valence-corrected chi connectivity index (χ3v) is 1.50. The normalized spacial score (nSPS) is 17.4. The molecule has 1 aliphatic heterocycles. The number of hydrogen-bond donors (Lipinski definition) is 1. The molecule has 1 heterocycles. The van der Waals surface area contributed by atoms with Crippen molar-refractivity contribution < 1.29 is 14.6 Å². The summed E-state index contributed by atoms with van der Waals surface area (Å²) in [6.07, 6.45) is 0. The molecule has 4 nitrogen and oxygen atoms in total. The average Bonchev–Trinajstić information content (AvgIpc) is 2.05. The van der Waals surface area contributed by atoms with Gasteiger partial charge in [0, 0.05) is 13.1 Å². The molecule has 1 aliphatic rings. The van der Waals surface area contributed by atoms with Crippen molar-refractivity contribution in [2.24, 2.45) is 0 Å². The number of ether oxygens (including phenoxy) is 1. The van der Waals surface area contributed by atoms with Crippen molar-refractivity contribution in [1.82, 2.24) is 4.90 Å². The van der Waals surface area contributed by atoms with Gasteiger partial charge in [-0.15, -0.1) is 0 Å². The quantitative estimate of drug-likeness (QED) is 0.562. The van der Waals surface area contributed by atoms with E-state index in [9.17, 15) is 4.79 Å². The van der Waals surface area contributed by atoms with Crippen molar-refractivity contribution in [3.05, 3.63) is 0 Å². The first kappa shape index (κ1) is 10.4. The lowest BCUT2D eigenvalue weighted by Gasteiger charge is -2.25. The molecular formula is C7H15NO3. The zero-order valence-electron chi connectivity index (χ0n) is 5.75. The number of carbonyl (C=O) groups excluding carboxylic acids is 1. The van der Waals surface area contributed by atoms with E-state index in [-0.39, 0.29) is 19.9 Å². The third-order valence-electron chi connectivity index (χ3n) is 1.50. The largest absolute Gasteiger partial charge is 0.387 e. The fraction of sp³-hybridized carbons (Fsp3) is 0.857. The molecule has 0 spiro atoms. The highest BCUT2D eigenvalue weighted by Crippen LogP contribution is 1.95. The predicted octanol–water partition coefficient (Wildman–Crippen LogP) is -0.526. The van der Waals surface area contributed by atoms with Gasteiger partial charge in [0.15, 0.2) is 0 Å². The molecule has 0 aliphatic carbocycles. The average molecular weight is 161 g/mol. The predicted molar refractivity (Wildman–Crippen MR) is 41.2 cm³/mol. The maximum atomic E-state index is 10.8. The Morgan fingerprint density at radius 1 is 1.45 bits per heavy atom. The van der Waals surface area contributed by atoms with Crippen LogP contribution in [0.25, 0.3) is 0 Å². The van der Waals surface area contributed by atoms with Crippen LogP contribution < -0.4 is 0 Å². The van der Waals surface area contributed by atoms with Gasteiger partial charge in [0.25, 0.3) is 0 Å². The van der Waals surface area contributed by atoms with Gasteiger partial charge in [0.2, 0.25) is 5.91 Å². The Morgan fingerprint density at radius 3 is 2.45 bits per heavy atom. The first-order chi connectivity index (χ1) is 4.84. The van der Waals surface area contributed by atoms with Crippen molar-refractivity contribution in [3.8, 4) is 0 Å². The highest BCUT2D eigenvalue weighted by molar-refractivity contribution is 5.77. The van der Waals surface area contributed by atoms with E-state index < -0.39 is 0 Å². The minimum absolute atomic E-state index is 0. The number of carbonyl (C=O) groups is 1. The van der Waals surface area contributed by atoms with Crippen molar-refractivity contribution >= 4 is 5.91 Å². The van der Waals surface area contributed by atoms with Gasteiger partial charge in [-0.1, -0.05) is 7.43 Å². The second-order valence-electron chi connectivity index (χ2n) is 2.15. The van der Waals surface area contributed by atoms with Crippen molar-refractivity contribution in [1.29, 1.82) is 0 Å². The smallest absolute Gasteiger partial charge is 0.248 e. The van der Waals surface area contributed by atoms with Crippen molar-refractivity contribution in [2.75, 3.05) is 32.9 Å². The lowest BCUT2D eigenvalue weighted by Crippen LogP contribution is -2.42. The van der Waals surface area contributed by atoms with Crippen LogP contribution >= 0.6 is 0 Å². The summed E-state index contributed by atoms with van der Waals surface area (Å²) in [7, 11) is 0. The topological polar surface area (TPSA) is 49.8 Å². The van der Waals surface area contributed by atoms with Crippen molar-refractivity contribution in [3.63, 3.8) is 0 Å². The summed E-state index contributed by atoms with van der Waals surface area (Å²) in [5.41, 5.74) is 0. The van der Waals surface area contributed by atoms with Crippen LogP contribution in [0.4, 0.5) is 0 Å². The molecule has 66 valence electrons. The van der Waals surface area contributed by atoms with Crippen LogP contribution in [0.15, 0.2) is 0 Å². The number of aliphatic hydroxyl groups excluding tert-OH is 1. The number of hydrogen-bond acceptors (Lipinski definition) is 3. The maximum Gasteiger partial charge on any atom is 0.248 e. The van der Waals surface area contributed by atoms with Crippen LogP contribution in [-0.4, -0.2) is 48.8 Å². The Hall–Kier alpha value is -0.610. The van der Waals surface area contributed by atoms with Crippen LogP contribution in [0.2, 0.25) is 0 Å². The third kappa shape index (κ3) is 2.86. The highest BCUT2D eigenvalue weighted by atomic mass is 16.5. The molecule has 0 radical (unpaired) electrons. The SMILES string of the molecule is C.O=C(CO)N1CCOCC1. The van der Waals surface area contributed by atoms with E-state index >= 15 is 0 Å². The van der Waals surface area contributed by atoms with Gasteiger partial charge in [0.1, 0.15) is 6.61 Å². The number of nitrogens with zero attached hydrogens (tertiary/aromatic N) is 1. The first-order valence-corrected chi connectivity index (χ1v) is 3.31. The Labute approximate surface area is 66.8 Å². The molecule has 0 saturated carbocycles. The summed E-state index contributed by atoms with van der Waals surface area (Å²) in [6, 6.07) is 0. The fourth-order valence-corrected chi connectivity index (χ4v) is 0.913. The summed E-state index contributed by atoms with van der Waals surface area (Å²) in [5.74, 6) is -0.205. The van der Waals surface area contributed by atoms with E-state index in [1.807, 2.05) is 0 Å². The van der Waals surface area contributed by atoms with Gasteiger partial charge in [-0.05, 0) is 0 Å². The molecule has 1 rings (SSSR count). The second kappa shape index (κ2) is 5.09. The first-order valence-electron chi connectivity index (χ1n) is 3.31. The molecular weight excluding hydrogens is 146 g/mol. The van der Waals surface area contributed by atoms with E-state index in [0.29, 0.717) is 26.3 Å². The summed E-state index contributed by atoms with van der Waals surface area (Å²) in [6.45, 7) is 2.01. The van der Waals surface area contributed by atoms with Crippen LogP contribution in [0.5, 0.6) is 0 Å². The van der Waals surface area contributed by atoms with Gasteiger partial charge in [0.05, 0.1) is 13.2 Å². The van der Waals surface area contributed by atoms with E-state index in [1.54, 1.807) is 4.90 Å². The Kier molecular flexibility index (Phi) is 4.81. The molecule has 1 amide bonds. The van der Waals surface area contributed by atoms with Gasteiger partial charge in [-0.2, -0.15) is 0 Å². The number of rotatable bonds is 1. The molecule has 0 aromatic heterocycles. The summed E-state index contributed by atoms with van der Waals surface area (Å²) < 4.78 is 5.02. The highest BCUT2D eigenvalue weighted by Gasteiger charge is 2.14. The molecule has 0 atom stereocenters. The minimum Gasteiger partial charge on any atom is -0.387 e. The van der Waals surface area contributed by atoms with Crippen LogP contribution in [0.3, 0.4) is 0 Å². The van der Waals surface area contributed by atoms with Gasteiger partial charge in [-0.3, -0.25) is 4.79 Å². The number of amides is 1. The Bertz CT molecular complexity index is 121. The maximum absolute atomic E-state index is 10.8. The monoisotopic (exact) mass is 161 g/mol. The Morgan fingerprint density at radius 2 is 2.00 bits per heavy atom. The van der Waals surface area contributed by atoms with Gasteiger partial charge < -0.3 is 14.7 Å². The molecule has 0 unspecified atom stereocenters. The zero-order chi connectivity index (χ0) is 7.40. The molecule has 0 bridgehead atoms. The molecule has 11 heavy (non-hydrogen) atoms. The van der Waals surface area contributed by atoms with Crippen molar-refractivity contribution in [2.45, 2.75) is 7.43 Å².